The molecule has 0 saturated carbocycles. The first-order chi connectivity index (χ1) is 9.51. The molecule has 4 heteroatoms. The zero-order valence-electron chi connectivity index (χ0n) is 12.8. The summed E-state index contributed by atoms with van der Waals surface area (Å²) in [6.07, 6.45) is 3.16. The quantitative estimate of drug-likeness (QED) is 0.848. The molecule has 0 radical (unpaired) electrons. The summed E-state index contributed by atoms with van der Waals surface area (Å²) in [5, 5.41) is 0. The highest BCUT2D eigenvalue weighted by Crippen LogP contribution is 2.27. The predicted octanol–water partition coefficient (Wildman–Crippen LogP) is 2.85. The molecule has 1 fully saturated rings. The minimum atomic E-state index is 0.207. The van der Waals surface area contributed by atoms with E-state index in [9.17, 15) is 0 Å². The minimum Gasteiger partial charge on any atom is -0.492 e. The number of hydrogen-bond donors (Lipinski definition) is 1. The van der Waals surface area contributed by atoms with Gasteiger partial charge < -0.3 is 10.5 Å². The molecule has 3 nitrogen and oxygen atoms in total. The van der Waals surface area contributed by atoms with Crippen LogP contribution in [0.4, 0.5) is 0 Å². The number of ether oxygens (including phenoxy) is 1. The Hall–Kier alpha value is -0.710. The smallest absolute Gasteiger partial charge is 0.119 e. The fourth-order valence-electron chi connectivity index (χ4n) is 2.64. The highest BCUT2D eigenvalue weighted by Gasteiger charge is 2.32. The van der Waals surface area contributed by atoms with Crippen molar-refractivity contribution in [3.8, 4) is 5.75 Å². The van der Waals surface area contributed by atoms with Crippen molar-refractivity contribution in [2.75, 3.05) is 32.5 Å². The first-order valence-corrected chi connectivity index (χ1v) is 8.48. The monoisotopic (exact) mass is 294 g/mol. The lowest BCUT2D eigenvalue weighted by atomic mass is 9.80. The molecule has 0 amide bonds. The molecule has 1 atom stereocenters. The van der Waals surface area contributed by atoms with E-state index in [2.05, 4.69) is 37.1 Å². The fraction of sp³-hybridized carbons (Fsp3) is 0.625. The number of thioether (sulfide) groups is 1. The molecule has 1 aliphatic heterocycles. The molecule has 0 aliphatic carbocycles. The van der Waals surface area contributed by atoms with Gasteiger partial charge in [0.15, 0.2) is 0 Å². The second kappa shape index (κ2) is 6.83. The van der Waals surface area contributed by atoms with Crippen LogP contribution in [0.5, 0.6) is 5.75 Å². The van der Waals surface area contributed by atoms with Gasteiger partial charge in [0.05, 0.1) is 0 Å². The average Bonchev–Trinajstić information content (AvgIpc) is 2.43. The number of hydrogen-bond acceptors (Lipinski definition) is 4. The third kappa shape index (κ3) is 4.14. The van der Waals surface area contributed by atoms with Gasteiger partial charge in [-0.1, -0.05) is 13.8 Å². The molecular weight excluding hydrogens is 268 g/mol. The van der Waals surface area contributed by atoms with E-state index in [4.69, 9.17) is 10.5 Å². The molecule has 1 heterocycles. The number of nitrogens with two attached hydrogens (primary N) is 1. The maximum absolute atomic E-state index is 6.16. The van der Waals surface area contributed by atoms with E-state index >= 15 is 0 Å². The molecule has 1 aromatic rings. The van der Waals surface area contributed by atoms with Crippen LogP contribution in [0.1, 0.15) is 20.3 Å². The third-order valence-corrected chi connectivity index (χ3v) is 4.87. The number of likely N-dealkylation sites (tertiary alicyclic amines) is 1. The van der Waals surface area contributed by atoms with Gasteiger partial charge in [-0.3, -0.25) is 4.90 Å². The highest BCUT2D eigenvalue weighted by atomic mass is 32.2. The van der Waals surface area contributed by atoms with Crippen molar-refractivity contribution in [3.05, 3.63) is 24.3 Å². The van der Waals surface area contributed by atoms with E-state index < -0.39 is 0 Å². The van der Waals surface area contributed by atoms with Crippen LogP contribution in [0.2, 0.25) is 0 Å². The van der Waals surface area contributed by atoms with Gasteiger partial charge in [0.25, 0.3) is 0 Å². The molecule has 2 N–H and O–H groups in total. The van der Waals surface area contributed by atoms with Crippen LogP contribution in [0.25, 0.3) is 0 Å². The largest absolute Gasteiger partial charge is 0.492 e. The summed E-state index contributed by atoms with van der Waals surface area (Å²) in [6, 6.07) is 8.61. The number of piperidine rings is 1. The van der Waals surface area contributed by atoms with Crippen molar-refractivity contribution in [2.45, 2.75) is 31.2 Å². The van der Waals surface area contributed by atoms with Gasteiger partial charge in [0.2, 0.25) is 0 Å². The zero-order valence-corrected chi connectivity index (χ0v) is 13.6. The lowest BCUT2D eigenvalue weighted by molar-refractivity contribution is 0.0831. The third-order valence-electron chi connectivity index (χ3n) is 4.13. The molecule has 20 heavy (non-hydrogen) atoms. The first kappa shape index (κ1) is 15.7. The van der Waals surface area contributed by atoms with Crippen LogP contribution >= 0.6 is 11.8 Å². The van der Waals surface area contributed by atoms with E-state index in [-0.39, 0.29) is 5.41 Å². The molecule has 0 aromatic heterocycles. The Morgan fingerprint density at radius 1 is 1.35 bits per heavy atom. The molecule has 1 aliphatic rings. The van der Waals surface area contributed by atoms with Crippen molar-refractivity contribution >= 4 is 11.8 Å². The molecular formula is C16H26N2OS. The predicted molar refractivity (Wildman–Crippen MR) is 86.5 cm³/mol. The summed E-state index contributed by atoms with van der Waals surface area (Å²) in [4.78, 5) is 3.73. The van der Waals surface area contributed by atoms with Crippen LogP contribution < -0.4 is 10.5 Å². The maximum atomic E-state index is 6.16. The molecule has 0 bridgehead atoms. The Morgan fingerprint density at radius 3 is 2.65 bits per heavy atom. The molecule has 2 rings (SSSR count). The first-order valence-electron chi connectivity index (χ1n) is 7.26. The van der Waals surface area contributed by atoms with Gasteiger partial charge in [-0.25, -0.2) is 0 Å². The van der Waals surface area contributed by atoms with E-state index in [1.165, 1.54) is 4.90 Å². The van der Waals surface area contributed by atoms with E-state index in [1.54, 1.807) is 11.8 Å². The standard InChI is InChI=1S/C16H26N2OS/c1-16(2)12-18(9-8-15(16)17)10-11-19-13-4-6-14(20-3)7-5-13/h4-7,15H,8-12,17H2,1-3H3. The Morgan fingerprint density at radius 2 is 2.05 bits per heavy atom. The van der Waals surface area contributed by atoms with Gasteiger partial charge in [-0.15, -0.1) is 11.8 Å². The summed E-state index contributed by atoms with van der Waals surface area (Å²) < 4.78 is 5.82. The van der Waals surface area contributed by atoms with Crippen molar-refractivity contribution in [2.24, 2.45) is 11.1 Å². The molecule has 0 spiro atoms. The SMILES string of the molecule is CSc1ccc(OCCN2CCC(N)C(C)(C)C2)cc1. The number of rotatable bonds is 5. The summed E-state index contributed by atoms with van der Waals surface area (Å²) in [5.41, 5.74) is 6.37. The van der Waals surface area contributed by atoms with E-state index in [1.807, 2.05) is 12.1 Å². The molecule has 1 unspecified atom stereocenters. The zero-order chi connectivity index (χ0) is 14.6. The van der Waals surface area contributed by atoms with Gasteiger partial charge >= 0.3 is 0 Å². The van der Waals surface area contributed by atoms with Crippen LogP contribution in [0, 0.1) is 5.41 Å². The Balaban J connectivity index is 1.75. The highest BCUT2D eigenvalue weighted by molar-refractivity contribution is 7.98. The van der Waals surface area contributed by atoms with E-state index in [0.717, 1.165) is 38.4 Å². The second-order valence-electron chi connectivity index (χ2n) is 6.18. The second-order valence-corrected chi connectivity index (χ2v) is 7.06. The lowest BCUT2D eigenvalue weighted by Crippen LogP contribution is -2.53. The van der Waals surface area contributed by atoms with Crippen LogP contribution in [-0.2, 0) is 0 Å². The van der Waals surface area contributed by atoms with Crippen molar-refractivity contribution in [1.82, 2.24) is 4.90 Å². The summed E-state index contributed by atoms with van der Waals surface area (Å²) in [6.45, 7) is 8.37. The minimum absolute atomic E-state index is 0.207. The van der Waals surface area contributed by atoms with Gasteiger partial charge in [0, 0.05) is 24.0 Å². The molecule has 1 saturated heterocycles. The van der Waals surface area contributed by atoms with Gasteiger partial charge in [-0.2, -0.15) is 0 Å². The van der Waals surface area contributed by atoms with Gasteiger partial charge in [-0.05, 0) is 48.9 Å². The lowest BCUT2D eigenvalue weighted by Gasteiger charge is -2.42. The van der Waals surface area contributed by atoms with Crippen LogP contribution in [0.15, 0.2) is 29.2 Å². The topological polar surface area (TPSA) is 38.5 Å². The molecule has 1 aromatic carbocycles. The fourth-order valence-corrected chi connectivity index (χ4v) is 3.05. The normalized spacial score (nSPS) is 22.7. The van der Waals surface area contributed by atoms with Crippen LogP contribution in [-0.4, -0.2) is 43.4 Å². The Kier molecular flexibility index (Phi) is 5.35. The van der Waals surface area contributed by atoms with Crippen molar-refractivity contribution in [1.29, 1.82) is 0 Å². The summed E-state index contributed by atoms with van der Waals surface area (Å²) >= 11 is 1.75. The number of nitrogens with zero attached hydrogens (tertiary/aromatic N) is 1. The van der Waals surface area contributed by atoms with Crippen LogP contribution in [0.3, 0.4) is 0 Å². The Labute approximate surface area is 126 Å². The Bertz CT molecular complexity index is 419. The van der Waals surface area contributed by atoms with Gasteiger partial charge in [0.1, 0.15) is 12.4 Å². The van der Waals surface area contributed by atoms with Crippen molar-refractivity contribution in [3.63, 3.8) is 0 Å². The maximum Gasteiger partial charge on any atom is 0.119 e. The summed E-state index contributed by atoms with van der Waals surface area (Å²) in [7, 11) is 0. The average molecular weight is 294 g/mol. The number of benzene rings is 1. The van der Waals surface area contributed by atoms with E-state index in [0.29, 0.717) is 6.04 Å². The molecule has 112 valence electrons. The van der Waals surface area contributed by atoms with Crippen molar-refractivity contribution < 1.29 is 4.74 Å². The summed E-state index contributed by atoms with van der Waals surface area (Å²) in [5.74, 6) is 0.954.